The van der Waals surface area contributed by atoms with Gasteiger partial charge in [0.15, 0.2) is 0 Å². The van der Waals surface area contributed by atoms with E-state index in [-0.39, 0.29) is 0 Å². The van der Waals surface area contributed by atoms with E-state index in [4.69, 9.17) is 0 Å². The van der Waals surface area contributed by atoms with Crippen LogP contribution in [0.1, 0.15) is 77.6 Å². The van der Waals surface area contributed by atoms with E-state index in [1.54, 1.807) is 0 Å². The molecule has 1 N–H and O–H groups in total. The van der Waals surface area contributed by atoms with Crippen molar-refractivity contribution in [3.8, 4) is 11.8 Å². The molecular formula is C26H37BrO. The summed E-state index contributed by atoms with van der Waals surface area (Å²) in [6.45, 7) is 7.02. The molecule has 5 rings (SSSR count). The lowest BCUT2D eigenvalue weighted by Gasteiger charge is -2.57. The Morgan fingerprint density at radius 3 is 2.54 bits per heavy atom. The molecule has 0 aromatic heterocycles. The molecule has 0 amide bonds. The zero-order chi connectivity index (χ0) is 19.5. The Morgan fingerprint density at radius 1 is 1.00 bits per heavy atom. The molecule has 0 aliphatic heterocycles. The topological polar surface area (TPSA) is 20.2 Å². The second-order valence-corrected chi connectivity index (χ2v) is 11.8. The first-order chi connectivity index (χ1) is 13.4. The average molecular weight is 445 g/mol. The summed E-state index contributed by atoms with van der Waals surface area (Å²) in [4.78, 5) is 0. The molecular weight excluding hydrogens is 408 g/mol. The highest BCUT2D eigenvalue weighted by molar-refractivity contribution is 9.09. The first-order valence-electron chi connectivity index (χ1n) is 11.9. The molecule has 1 nitrogen and oxygen atoms in total. The maximum absolute atomic E-state index is 11.1. The van der Waals surface area contributed by atoms with Crippen molar-refractivity contribution in [1.29, 1.82) is 0 Å². The van der Waals surface area contributed by atoms with E-state index in [0.29, 0.717) is 17.3 Å². The molecule has 2 heteroatoms. The highest BCUT2D eigenvalue weighted by atomic mass is 79.9. The fourth-order valence-corrected chi connectivity index (χ4v) is 8.61. The summed E-state index contributed by atoms with van der Waals surface area (Å²) >= 11 is 3.68. The predicted molar refractivity (Wildman–Crippen MR) is 119 cm³/mol. The number of alkyl halides is 1. The number of hydrogen-bond acceptors (Lipinski definition) is 1. The molecule has 154 valence electrons. The zero-order valence-electron chi connectivity index (χ0n) is 17.6. The van der Waals surface area contributed by atoms with Crippen molar-refractivity contribution in [1.82, 2.24) is 0 Å². The monoisotopic (exact) mass is 444 g/mol. The van der Waals surface area contributed by atoms with Crippen LogP contribution >= 0.6 is 15.9 Å². The third-order valence-electron chi connectivity index (χ3n) is 9.76. The maximum Gasteiger partial charge on any atom is 0.125 e. The molecule has 5 aliphatic carbocycles. The summed E-state index contributed by atoms with van der Waals surface area (Å²) in [7, 11) is 0. The Hall–Kier alpha value is -0.260. The first-order valence-corrected chi connectivity index (χ1v) is 13.0. The largest absolute Gasteiger partial charge is 0.378 e. The van der Waals surface area contributed by atoms with Gasteiger partial charge in [-0.15, -0.1) is 0 Å². The van der Waals surface area contributed by atoms with Crippen LogP contribution in [0, 0.1) is 58.7 Å². The molecule has 0 heterocycles. The Kier molecular flexibility index (Phi) is 5.04. The number of halogens is 1. The molecule has 0 aromatic carbocycles. The molecule has 5 fully saturated rings. The van der Waals surface area contributed by atoms with E-state index in [9.17, 15) is 5.11 Å². The molecule has 0 saturated heterocycles. The van der Waals surface area contributed by atoms with Crippen molar-refractivity contribution in [2.24, 2.45) is 46.8 Å². The summed E-state index contributed by atoms with van der Waals surface area (Å²) in [5.41, 5.74) is 1.25. The van der Waals surface area contributed by atoms with E-state index in [1.807, 2.05) is 0 Å². The lowest BCUT2D eigenvalue weighted by atomic mass is 9.49. The van der Waals surface area contributed by atoms with Gasteiger partial charge in [-0.05, 0) is 112 Å². The van der Waals surface area contributed by atoms with Crippen LogP contribution in [0.4, 0.5) is 0 Å². The fourth-order valence-electron chi connectivity index (χ4n) is 8.22. The van der Waals surface area contributed by atoms with Crippen molar-refractivity contribution in [2.75, 3.05) is 5.33 Å². The van der Waals surface area contributed by atoms with Crippen LogP contribution in [0.25, 0.3) is 0 Å². The lowest BCUT2D eigenvalue weighted by Crippen LogP contribution is -2.50. The molecule has 0 spiro atoms. The molecule has 8 atom stereocenters. The van der Waals surface area contributed by atoms with Gasteiger partial charge in [-0.1, -0.05) is 46.8 Å². The van der Waals surface area contributed by atoms with E-state index in [2.05, 4.69) is 41.3 Å². The smallest absolute Gasteiger partial charge is 0.125 e. The van der Waals surface area contributed by atoms with E-state index in [1.165, 1.54) is 63.4 Å². The van der Waals surface area contributed by atoms with Gasteiger partial charge in [0.1, 0.15) is 5.60 Å². The van der Waals surface area contributed by atoms with Crippen LogP contribution in [-0.2, 0) is 0 Å². The molecule has 5 saturated carbocycles. The van der Waals surface area contributed by atoms with Crippen molar-refractivity contribution >= 4 is 15.9 Å². The van der Waals surface area contributed by atoms with E-state index < -0.39 is 5.60 Å². The van der Waals surface area contributed by atoms with Gasteiger partial charge >= 0.3 is 0 Å². The molecule has 0 radical (unpaired) electrons. The van der Waals surface area contributed by atoms with Gasteiger partial charge in [-0.2, -0.15) is 0 Å². The van der Waals surface area contributed by atoms with Crippen molar-refractivity contribution in [2.45, 2.75) is 83.2 Å². The normalized spacial score (nSPS) is 50.0. The van der Waals surface area contributed by atoms with Gasteiger partial charge in [0.25, 0.3) is 0 Å². The maximum atomic E-state index is 11.1. The standard InChI is InChI=1S/C26H37BrO/c1-17(16-27)23-7-8-24-22-6-5-19-15-26(28,13-9-18-3-4-18)14-11-20(19)21(22)10-12-25(23,24)2/h18-24,28H,1,3-8,10-12,14-16H2,2H3/t19-,20+,21-,22-,23-,24+,25-,26+/m1/s1. The molecule has 0 bridgehead atoms. The van der Waals surface area contributed by atoms with Crippen LogP contribution in [0.5, 0.6) is 0 Å². The number of allylic oxidation sites excluding steroid dienone is 1. The van der Waals surface area contributed by atoms with Crippen LogP contribution in [0.3, 0.4) is 0 Å². The Labute approximate surface area is 180 Å². The van der Waals surface area contributed by atoms with Gasteiger partial charge in [0.05, 0.1) is 0 Å². The van der Waals surface area contributed by atoms with Crippen molar-refractivity contribution in [3.63, 3.8) is 0 Å². The summed E-state index contributed by atoms with van der Waals surface area (Å²) < 4.78 is 0. The molecule has 0 unspecified atom stereocenters. The summed E-state index contributed by atoms with van der Waals surface area (Å²) in [6, 6.07) is 0. The Balaban J connectivity index is 1.31. The van der Waals surface area contributed by atoms with Gasteiger partial charge in [-0.25, -0.2) is 0 Å². The second-order valence-electron chi connectivity index (χ2n) is 11.2. The minimum atomic E-state index is -0.675. The first kappa shape index (κ1) is 19.7. The van der Waals surface area contributed by atoms with E-state index in [0.717, 1.165) is 47.8 Å². The quantitative estimate of drug-likeness (QED) is 0.298. The number of aliphatic hydroxyl groups is 1. The highest BCUT2D eigenvalue weighted by Crippen LogP contribution is 2.65. The zero-order valence-corrected chi connectivity index (χ0v) is 19.1. The van der Waals surface area contributed by atoms with Crippen LogP contribution in [0.2, 0.25) is 0 Å². The predicted octanol–water partition coefficient (Wildman–Crippen LogP) is 6.35. The van der Waals surface area contributed by atoms with Crippen LogP contribution < -0.4 is 0 Å². The van der Waals surface area contributed by atoms with Gasteiger partial charge < -0.3 is 5.11 Å². The summed E-state index contributed by atoms with van der Waals surface area (Å²) in [5, 5.41) is 12.1. The molecule has 5 aliphatic rings. The summed E-state index contributed by atoms with van der Waals surface area (Å²) in [6.07, 6.45) is 13.9. The van der Waals surface area contributed by atoms with Crippen LogP contribution in [-0.4, -0.2) is 16.0 Å². The van der Waals surface area contributed by atoms with Gasteiger partial charge in [-0.3, -0.25) is 0 Å². The third-order valence-corrected chi connectivity index (χ3v) is 10.5. The number of rotatable bonds is 2. The Morgan fingerprint density at radius 2 is 1.79 bits per heavy atom. The van der Waals surface area contributed by atoms with Gasteiger partial charge in [0, 0.05) is 11.2 Å². The fraction of sp³-hybridized carbons (Fsp3) is 0.846. The minimum Gasteiger partial charge on any atom is -0.378 e. The highest BCUT2D eigenvalue weighted by Gasteiger charge is 2.57. The average Bonchev–Trinajstić information content (AvgIpc) is 3.45. The third kappa shape index (κ3) is 3.24. The Bertz CT molecular complexity index is 699. The minimum absolute atomic E-state index is 0.490. The van der Waals surface area contributed by atoms with E-state index >= 15 is 0 Å². The van der Waals surface area contributed by atoms with Crippen molar-refractivity contribution in [3.05, 3.63) is 12.2 Å². The van der Waals surface area contributed by atoms with Crippen LogP contribution in [0.15, 0.2) is 12.2 Å². The number of fused-ring (bicyclic) bond motifs is 5. The summed E-state index contributed by atoms with van der Waals surface area (Å²) in [5.74, 6) is 12.3. The molecule has 28 heavy (non-hydrogen) atoms. The molecule has 0 aromatic rings. The number of hydrogen-bond donors (Lipinski definition) is 1. The SMILES string of the molecule is C=C(CBr)[C@H]1CC[C@H]2[C@@H]3CC[C@@H]4C[C@](O)(C#CC5CC5)CC[C@@H]4[C@H]3CC[C@]12C. The lowest BCUT2D eigenvalue weighted by molar-refractivity contribution is -0.0872. The second kappa shape index (κ2) is 7.16. The van der Waals surface area contributed by atoms with Gasteiger partial charge in [0.2, 0.25) is 0 Å². The van der Waals surface area contributed by atoms with Crippen molar-refractivity contribution < 1.29 is 5.11 Å².